The molecule has 0 heterocycles. The van der Waals surface area contributed by atoms with E-state index in [4.69, 9.17) is 0 Å². The van der Waals surface area contributed by atoms with Crippen LogP contribution in [0, 0.1) is 5.82 Å². The summed E-state index contributed by atoms with van der Waals surface area (Å²) < 4.78 is 14.0. The Labute approximate surface area is 92.8 Å². The second-order valence-electron chi connectivity index (χ2n) is 3.40. The van der Waals surface area contributed by atoms with Gasteiger partial charge in [0.1, 0.15) is 5.82 Å². The van der Waals surface area contributed by atoms with Crippen LogP contribution < -0.4 is 5.32 Å². The third-order valence-electron chi connectivity index (χ3n) is 2.28. The van der Waals surface area contributed by atoms with Crippen LogP contribution in [0.3, 0.4) is 0 Å². The van der Waals surface area contributed by atoms with Gasteiger partial charge in [0, 0.05) is 18.2 Å². The molecule has 0 amide bonds. The summed E-state index contributed by atoms with van der Waals surface area (Å²) in [5.74, 6) is -0.164. The number of rotatable bonds is 4. The first-order valence-corrected chi connectivity index (χ1v) is 5.60. The molecule has 0 saturated heterocycles. The third-order valence-corrected chi connectivity index (χ3v) is 2.90. The molecule has 1 rings (SSSR count). The van der Waals surface area contributed by atoms with Gasteiger partial charge in [-0.3, -0.25) is 0 Å². The van der Waals surface area contributed by atoms with Crippen LogP contribution in [0.15, 0.2) is 22.7 Å². The first-order valence-electron chi connectivity index (χ1n) is 4.81. The van der Waals surface area contributed by atoms with Crippen LogP contribution in [0.25, 0.3) is 0 Å². The average molecular weight is 260 g/mol. The molecule has 0 aliphatic heterocycles. The van der Waals surface area contributed by atoms with E-state index in [0.29, 0.717) is 22.6 Å². The maximum Gasteiger partial charge on any atom is 0.141 e. The molecule has 1 aromatic rings. The SMILES string of the molecule is CCC(C)NCc1cccc(Br)c1F. The van der Waals surface area contributed by atoms with Gasteiger partial charge >= 0.3 is 0 Å². The van der Waals surface area contributed by atoms with Gasteiger partial charge in [0.2, 0.25) is 0 Å². The van der Waals surface area contributed by atoms with Crippen LogP contribution in [-0.4, -0.2) is 6.04 Å². The molecule has 0 fully saturated rings. The lowest BCUT2D eigenvalue weighted by atomic mass is 10.2. The van der Waals surface area contributed by atoms with Crippen molar-refractivity contribution in [2.45, 2.75) is 32.9 Å². The maximum atomic E-state index is 13.5. The van der Waals surface area contributed by atoms with E-state index < -0.39 is 0 Å². The van der Waals surface area contributed by atoms with Gasteiger partial charge in [0.25, 0.3) is 0 Å². The minimum absolute atomic E-state index is 0.164. The van der Waals surface area contributed by atoms with E-state index >= 15 is 0 Å². The summed E-state index contributed by atoms with van der Waals surface area (Å²) >= 11 is 3.17. The van der Waals surface area contributed by atoms with E-state index in [0.717, 1.165) is 6.42 Å². The summed E-state index contributed by atoms with van der Waals surface area (Å²) in [5, 5.41) is 3.26. The van der Waals surface area contributed by atoms with E-state index in [9.17, 15) is 4.39 Å². The van der Waals surface area contributed by atoms with Gasteiger partial charge in [0.05, 0.1) is 4.47 Å². The van der Waals surface area contributed by atoms with Crippen LogP contribution in [-0.2, 0) is 6.54 Å². The number of benzene rings is 1. The highest BCUT2D eigenvalue weighted by Crippen LogP contribution is 2.18. The predicted octanol–water partition coefficient (Wildman–Crippen LogP) is 3.48. The summed E-state index contributed by atoms with van der Waals surface area (Å²) in [6.07, 6.45) is 1.05. The number of hydrogen-bond donors (Lipinski definition) is 1. The first kappa shape index (κ1) is 11.7. The minimum atomic E-state index is -0.164. The van der Waals surface area contributed by atoms with Crippen molar-refractivity contribution in [3.8, 4) is 0 Å². The molecule has 1 N–H and O–H groups in total. The molecule has 0 aliphatic rings. The number of hydrogen-bond acceptors (Lipinski definition) is 1. The summed E-state index contributed by atoms with van der Waals surface area (Å²) in [4.78, 5) is 0. The molecule has 0 spiro atoms. The van der Waals surface area contributed by atoms with Gasteiger partial charge in [0.15, 0.2) is 0 Å². The van der Waals surface area contributed by atoms with Crippen molar-refractivity contribution in [2.75, 3.05) is 0 Å². The van der Waals surface area contributed by atoms with Crippen molar-refractivity contribution < 1.29 is 4.39 Å². The maximum absolute atomic E-state index is 13.5. The first-order chi connectivity index (χ1) is 6.65. The zero-order valence-corrected chi connectivity index (χ0v) is 10.1. The minimum Gasteiger partial charge on any atom is -0.310 e. The average Bonchev–Trinajstić information content (AvgIpc) is 2.20. The molecule has 0 aromatic heterocycles. The van der Waals surface area contributed by atoms with Gasteiger partial charge in [-0.2, -0.15) is 0 Å². The lowest BCUT2D eigenvalue weighted by molar-refractivity contribution is 0.515. The van der Waals surface area contributed by atoms with Crippen LogP contribution in [0.1, 0.15) is 25.8 Å². The molecular formula is C11H15BrFN. The molecule has 78 valence electrons. The Morgan fingerprint density at radius 1 is 1.50 bits per heavy atom. The third kappa shape index (κ3) is 3.07. The zero-order valence-electron chi connectivity index (χ0n) is 8.48. The molecule has 0 saturated carbocycles. The second kappa shape index (κ2) is 5.47. The summed E-state index contributed by atoms with van der Waals surface area (Å²) in [5.41, 5.74) is 0.708. The molecule has 0 bridgehead atoms. The molecule has 14 heavy (non-hydrogen) atoms. The van der Waals surface area contributed by atoms with Gasteiger partial charge in [-0.15, -0.1) is 0 Å². The van der Waals surface area contributed by atoms with Crippen LogP contribution in [0.4, 0.5) is 4.39 Å². The Morgan fingerprint density at radius 2 is 2.21 bits per heavy atom. The van der Waals surface area contributed by atoms with Gasteiger partial charge in [-0.25, -0.2) is 4.39 Å². The second-order valence-corrected chi connectivity index (χ2v) is 4.26. The van der Waals surface area contributed by atoms with Crippen LogP contribution >= 0.6 is 15.9 Å². The van der Waals surface area contributed by atoms with E-state index in [1.165, 1.54) is 0 Å². The number of halogens is 2. The highest BCUT2D eigenvalue weighted by Gasteiger charge is 2.06. The molecule has 1 nitrogen and oxygen atoms in total. The standard InChI is InChI=1S/C11H15BrFN/c1-3-8(2)14-7-9-5-4-6-10(12)11(9)13/h4-6,8,14H,3,7H2,1-2H3. The highest BCUT2D eigenvalue weighted by atomic mass is 79.9. The molecule has 1 unspecified atom stereocenters. The Hall–Kier alpha value is -0.410. The van der Waals surface area contributed by atoms with E-state index in [-0.39, 0.29) is 5.82 Å². The topological polar surface area (TPSA) is 12.0 Å². The Morgan fingerprint density at radius 3 is 2.86 bits per heavy atom. The van der Waals surface area contributed by atoms with Gasteiger partial charge in [-0.05, 0) is 35.3 Å². The Kier molecular flexibility index (Phi) is 4.55. The lowest BCUT2D eigenvalue weighted by Crippen LogP contribution is -2.24. The molecule has 0 radical (unpaired) electrons. The quantitative estimate of drug-likeness (QED) is 0.873. The van der Waals surface area contributed by atoms with E-state index in [1.807, 2.05) is 6.07 Å². The van der Waals surface area contributed by atoms with Crippen molar-refractivity contribution in [2.24, 2.45) is 0 Å². The van der Waals surface area contributed by atoms with Crippen LogP contribution in [0.5, 0.6) is 0 Å². The molecule has 1 aromatic carbocycles. The fourth-order valence-electron chi connectivity index (χ4n) is 1.11. The smallest absolute Gasteiger partial charge is 0.141 e. The number of nitrogens with one attached hydrogen (secondary N) is 1. The summed E-state index contributed by atoms with van der Waals surface area (Å²) in [7, 11) is 0. The normalized spacial score (nSPS) is 12.9. The van der Waals surface area contributed by atoms with Gasteiger partial charge < -0.3 is 5.32 Å². The van der Waals surface area contributed by atoms with Crippen molar-refractivity contribution >= 4 is 15.9 Å². The fraction of sp³-hybridized carbons (Fsp3) is 0.455. The van der Waals surface area contributed by atoms with Crippen molar-refractivity contribution in [1.82, 2.24) is 5.32 Å². The van der Waals surface area contributed by atoms with Gasteiger partial charge in [-0.1, -0.05) is 19.1 Å². The molecule has 1 atom stereocenters. The van der Waals surface area contributed by atoms with Crippen LogP contribution in [0.2, 0.25) is 0 Å². The monoisotopic (exact) mass is 259 g/mol. The summed E-state index contributed by atoms with van der Waals surface area (Å²) in [6.45, 7) is 4.78. The summed E-state index contributed by atoms with van der Waals surface area (Å²) in [6, 6.07) is 5.78. The predicted molar refractivity (Wildman–Crippen MR) is 60.7 cm³/mol. The molecule has 0 aliphatic carbocycles. The Bertz CT molecular complexity index is 301. The zero-order chi connectivity index (χ0) is 10.6. The van der Waals surface area contributed by atoms with Crippen molar-refractivity contribution in [3.63, 3.8) is 0 Å². The van der Waals surface area contributed by atoms with Crippen molar-refractivity contribution in [1.29, 1.82) is 0 Å². The van der Waals surface area contributed by atoms with Crippen molar-refractivity contribution in [3.05, 3.63) is 34.1 Å². The molecule has 3 heteroatoms. The van der Waals surface area contributed by atoms with E-state index in [2.05, 4.69) is 35.1 Å². The fourth-order valence-corrected chi connectivity index (χ4v) is 1.52. The van der Waals surface area contributed by atoms with E-state index in [1.54, 1.807) is 12.1 Å². The molecular weight excluding hydrogens is 245 g/mol. The largest absolute Gasteiger partial charge is 0.310 e. The Balaban J connectivity index is 2.63. The highest BCUT2D eigenvalue weighted by molar-refractivity contribution is 9.10. The lowest BCUT2D eigenvalue weighted by Gasteiger charge is -2.11.